The van der Waals surface area contributed by atoms with Crippen molar-refractivity contribution in [2.24, 2.45) is 0 Å². The van der Waals surface area contributed by atoms with Gasteiger partial charge in [0.25, 0.3) is 0 Å². The third kappa shape index (κ3) is 64.2. The lowest BCUT2D eigenvalue weighted by molar-refractivity contribution is -0.114. The molecule has 0 saturated heterocycles. The highest BCUT2D eigenvalue weighted by Crippen LogP contribution is 2.12. The van der Waals surface area contributed by atoms with Crippen molar-refractivity contribution in [3.8, 4) is 0 Å². The fourth-order valence-electron chi connectivity index (χ4n) is 5.51. The molecule has 0 aromatic heterocycles. The Morgan fingerprint density at radius 3 is 1.10 bits per heavy atom. The zero-order valence-corrected chi connectivity index (χ0v) is 46.2. The normalized spacial score (nSPS) is 14.9. The first-order chi connectivity index (χ1) is 35.4. The smallest absolute Gasteiger partial charge is 0.159 e. The lowest BCUT2D eigenvalue weighted by Gasteiger charge is -2.15. The molecule has 0 spiro atoms. The van der Waals surface area contributed by atoms with E-state index in [0.29, 0.717) is 38.5 Å². The highest BCUT2D eigenvalue weighted by Gasteiger charge is 2.12. The summed E-state index contributed by atoms with van der Waals surface area (Å²) in [7, 11) is 0. The molecule has 0 aromatic carbocycles. The molecule has 0 saturated carbocycles. The van der Waals surface area contributed by atoms with Crippen LogP contribution in [0.25, 0.3) is 0 Å². The second kappa shape index (κ2) is 58.8. The second-order valence-corrected chi connectivity index (χ2v) is 17.1. The zero-order valence-electron chi connectivity index (χ0n) is 46.2. The van der Waals surface area contributed by atoms with Gasteiger partial charge in [0.2, 0.25) is 0 Å². The summed E-state index contributed by atoms with van der Waals surface area (Å²) in [4.78, 5) is 34.7. The number of carbonyl (C=O) groups is 3. The molecule has 0 aliphatic rings. The van der Waals surface area contributed by atoms with E-state index in [9.17, 15) is 29.7 Å². The van der Waals surface area contributed by atoms with Crippen molar-refractivity contribution >= 4 is 17.3 Å². The number of aliphatic hydroxyl groups is 3. The van der Waals surface area contributed by atoms with Gasteiger partial charge in [0, 0.05) is 19.3 Å². The van der Waals surface area contributed by atoms with Gasteiger partial charge in [-0.1, -0.05) is 261 Å². The molecule has 0 aliphatic carbocycles. The molecule has 0 aromatic rings. The van der Waals surface area contributed by atoms with Gasteiger partial charge in [-0.05, 0) is 102 Å². The van der Waals surface area contributed by atoms with Crippen LogP contribution in [0.15, 0.2) is 219 Å². The number of hydrogen-bond donors (Lipinski definition) is 3. The molecule has 6 nitrogen and oxygen atoms in total. The van der Waals surface area contributed by atoms with Crippen molar-refractivity contribution in [1.29, 1.82) is 0 Å². The third-order valence-electron chi connectivity index (χ3n) is 9.60. The number of rotatable bonds is 39. The van der Waals surface area contributed by atoms with Crippen molar-refractivity contribution in [2.75, 3.05) is 0 Å². The number of hydrogen-bond acceptors (Lipinski definition) is 6. The molecular weight excluding hydrogens is 901 g/mol. The van der Waals surface area contributed by atoms with Gasteiger partial charge >= 0.3 is 0 Å². The molecule has 1 unspecified atom stereocenters. The number of aliphatic hydroxyl groups excluding tert-OH is 2. The highest BCUT2D eigenvalue weighted by molar-refractivity contribution is 5.91. The van der Waals surface area contributed by atoms with E-state index in [2.05, 4.69) is 96.2 Å². The molecular formula is C67H98O6. The topological polar surface area (TPSA) is 112 Å². The highest BCUT2D eigenvalue weighted by atomic mass is 16.3. The molecule has 73 heavy (non-hydrogen) atoms. The minimum atomic E-state index is -0.862. The van der Waals surface area contributed by atoms with Crippen LogP contribution in [0.4, 0.5) is 0 Å². The van der Waals surface area contributed by atoms with Gasteiger partial charge in [0.05, 0.1) is 17.8 Å². The predicted molar refractivity (Wildman–Crippen MR) is 319 cm³/mol. The van der Waals surface area contributed by atoms with Gasteiger partial charge in [-0.15, -0.1) is 0 Å². The van der Waals surface area contributed by atoms with Crippen LogP contribution in [0.5, 0.6) is 0 Å². The van der Waals surface area contributed by atoms with E-state index in [1.54, 1.807) is 98.1 Å². The lowest BCUT2D eigenvalue weighted by atomic mass is 10.0. The van der Waals surface area contributed by atoms with Crippen LogP contribution in [-0.4, -0.2) is 50.5 Å². The maximum absolute atomic E-state index is 11.6. The van der Waals surface area contributed by atoms with E-state index in [1.807, 2.05) is 72.9 Å². The quantitative estimate of drug-likeness (QED) is 0.0321. The molecule has 0 bridgehead atoms. The minimum absolute atomic E-state index is 0.0837. The molecule has 3 atom stereocenters. The molecule has 0 rings (SSSR count). The minimum Gasteiger partial charge on any atom is -0.389 e. The number of ketones is 3. The molecule has 6 heteroatoms. The van der Waals surface area contributed by atoms with Crippen molar-refractivity contribution in [1.82, 2.24) is 0 Å². The van der Waals surface area contributed by atoms with Crippen LogP contribution in [0.1, 0.15) is 164 Å². The average molecular weight is 1000 g/mol. The Bertz CT molecular complexity index is 1900. The van der Waals surface area contributed by atoms with Gasteiger partial charge in [-0.2, -0.15) is 0 Å². The average Bonchev–Trinajstić information content (AvgIpc) is 3.37. The predicted octanol–water partition coefficient (Wildman–Crippen LogP) is 17.3. The van der Waals surface area contributed by atoms with Crippen molar-refractivity contribution < 1.29 is 29.7 Å². The van der Waals surface area contributed by atoms with Gasteiger partial charge in [-0.3, -0.25) is 14.4 Å². The second-order valence-electron chi connectivity index (χ2n) is 17.1. The summed E-state index contributed by atoms with van der Waals surface area (Å²) in [6, 6.07) is 0. The number of carbonyl (C=O) groups excluding carboxylic acids is 3. The molecule has 0 amide bonds. The summed E-state index contributed by atoms with van der Waals surface area (Å²) < 4.78 is 0. The Morgan fingerprint density at radius 2 is 0.699 bits per heavy atom. The summed E-state index contributed by atoms with van der Waals surface area (Å²) in [6.07, 6.45) is 82.7. The molecule has 0 aliphatic heterocycles. The van der Waals surface area contributed by atoms with Gasteiger partial charge in [-0.25, -0.2) is 0 Å². The maximum Gasteiger partial charge on any atom is 0.159 e. The summed E-state index contributed by atoms with van der Waals surface area (Å²) in [6.45, 7) is 14.5. The first kappa shape index (κ1) is 71.5. The van der Waals surface area contributed by atoms with Crippen LogP contribution < -0.4 is 0 Å². The molecule has 0 radical (unpaired) electrons. The fraction of sp³-hybridized carbons (Fsp3) is 0.418. The van der Waals surface area contributed by atoms with Crippen LogP contribution >= 0.6 is 0 Å². The van der Waals surface area contributed by atoms with Crippen molar-refractivity contribution in [3.63, 3.8) is 0 Å². The summed E-state index contributed by atoms with van der Waals surface area (Å²) in [5.41, 5.74) is -0.862. The van der Waals surface area contributed by atoms with E-state index in [0.717, 1.165) is 77.0 Å². The van der Waals surface area contributed by atoms with Crippen LogP contribution in [0, 0.1) is 0 Å². The van der Waals surface area contributed by atoms with Gasteiger partial charge in [0.15, 0.2) is 17.3 Å². The molecule has 0 fully saturated rings. The first-order valence-electron chi connectivity index (χ1n) is 27.0. The summed E-state index contributed by atoms with van der Waals surface area (Å²) in [5.74, 6) is 0.272. The first-order valence-corrected chi connectivity index (χ1v) is 27.0. The fourth-order valence-corrected chi connectivity index (χ4v) is 5.51. The Kier molecular flexibility index (Phi) is 57.5. The Balaban J connectivity index is -0.00000101. The molecule has 402 valence electrons. The molecule has 3 N–H and O–H groups in total. The van der Waals surface area contributed by atoms with Crippen molar-refractivity contribution in [3.05, 3.63) is 219 Å². The standard InChI is InChI=1S/C23H34O2.2C22H32O2/c1-4-6-8-10-12-16-20-23(3,25)21-17-13-11-15-19-22(24)18-14-9-7-5-2;2*1-3-5-7-9-10-14-18-22(24)20-16-12-11-15-19-21(23)17-13-8-6-4-2/h6,8-9,11-17,19,21,25H,4-5,7,10,18,20H2,1-3H3;5,7-8,10-16,19-20,22,24H,3-4,6,9,17-18H2,1-2H3;5,7-8,10-16,19-21,23H,3-4,6,9,17-18H2,1-2H3/t;22-;21-/m.00/s1. The lowest BCUT2D eigenvalue weighted by Crippen LogP contribution is -2.18. The largest absolute Gasteiger partial charge is 0.389 e. The van der Waals surface area contributed by atoms with Gasteiger partial charge in [0.1, 0.15) is 0 Å². The Hall–Kier alpha value is -5.79. The number of allylic oxidation sites excluding steroid dienone is 30. The maximum atomic E-state index is 11.6. The third-order valence-corrected chi connectivity index (χ3v) is 9.60. The van der Waals surface area contributed by atoms with E-state index in [4.69, 9.17) is 0 Å². The van der Waals surface area contributed by atoms with E-state index in [1.165, 1.54) is 0 Å². The van der Waals surface area contributed by atoms with Gasteiger partial charge < -0.3 is 15.3 Å². The SMILES string of the molecule is CCC=CCC=CCC(=O)C=CC=CC=C[C@@H](O)CC=CCCC.CCC=CCC=CCC(C)(O)C=CC=CC=CC(=O)CC=CCCC.CCC=CCC=CC[C@H](O)C=CC=CC=CC(=O)CC=CCCC. The summed E-state index contributed by atoms with van der Waals surface area (Å²) in [5, 5.41) is 29.7. The Labute approximate surface area is 445 Å². The van der Waals surface area contributed by atoms with Crippen LogP contribution in [-0.2, 0) is 14.4 Å². The van der Waals surface area contributed by atoms with E-state index in [-0.39, 0.29) is 17.3 Å². The summed E-state index contributed by atoms with van der Waals surface area (Å²) >= 11 is 0. The monoisotopic (exact) mass is 999 g/mol. The van der Waals surface area contributed by atoms with Crippen molar-refractivity contribution in [2.45, 2.75) is 182 Å². The van der Waals surface area contributed by atoms with E-state index >= 15 is 0 Å². The van der Waals surface area contributed by atoms with E-state index < -0.39 is 17.8 Å². The number of unbranched alkanes of at least 4 members (excludes halogenated alkanes) is 3. The zero-order chi connectivity index (χ0) is 54.6. The Morgan fingerprint density at radius 1 is 0.384 bits per heavy atom. The van der Waals surface area contributed by atoms with Crippen LogP contribution in [0.2, 0.25) is 0 Å². The molecule has 0 heterocycles. The van der Waals surface area contributed by atoms with Crippen LogP contribution in [0.3, 0.4) is 0 Å².